The second-order valence-electron chi connectivity index (χ2n) is 4.29. The largest absolute Gasteiger partial charge is 0.398 e. The zero-order chi connectivity index (χ0) is 14.9. The number of rotatable bonds is 4. The minimum atomic E-state index is -3.56. The van der Waals surface area contributed by atoms with Gasteiger partial charge in [0.05, 0.1) is 9.90 Å². The highest BCUT2D eigenvalue weighted by Gasteiger charge is 2.22. The van der Waals surface area contributed by atoms with Crippen LogP contribution in [0.1, 0.15) is 9.88 Å². The first-order valence-corrected chi connectivity index (χ1v) is 8.78. The number of nitrogens with two attached hydrogens (primary N) is 1. The van der Waals surface area contributed by atoms with E-state index in [1.165, 1.54) is 27.8 Å². The molecule has 0 spiro atoms. The number of nitrogen functional groups attached to an aromatic ring is 1. The van der Waals surface area contributed by atoms with E-state index in [9.17, 15) is 8.42 Å². The van der Waals surface area contributed by atoms with E-state index >= 15 is 0 Å². The molecule has 0 fully saturated rings. The number of halogens is 1. The summed E-state index contributed by atoms with van der Waals surface area (Å²) >= 11 is 4.73. The third-order valence-electron chi connectivity index (χ3n) is 2.72. The lowest BCUT2D eigenvalue weighted by molar-refractivity contribution is 0.469. The first-order chi connectivity index (χ1) is 9.30. The third kappa shape index (κ3) is 3.20. The Labute approximate surface area is 130 Å². The Balaban J connectivity index is 2.27. The molecule has 2 N–H and O–H groups in total. The number of aromatic nitrogens is 1. The van der Waals surface area contributed by atoms with Crippen molar-refractivity contribution in [3.05, 3.63) is 38.8 Å². The smallest absolute Gasteiger partial charge is 0.243 e. The van der Waals surface area contributed by atoms with E-state index < -0.39 is 10.0 Å². The van der Waals surface area contributed by atoms with Gasteiger partial charge in [0, 0.05) is 34.8 Å². The van der Waals surface area contributed by atoms with Crippen molar-refractivity contribution in [1.82, 2.24) is 9.29 Å². The minimum absolute atomic E-state index is 0.182. The van der Waals surface area contributed by atoms with Gasteiger partial charge in [0.25, 0.3) is 0 Å². The van der Waals surface area contributed by atoms with Crippen molar-refractivity contribution >= 4 is 43.0 Å². The van der Waals surface area contributed by atoms with E-state index in [1.54, 1.807) is 19.3 Å². The molecule has 8 heteroatoms. The highest BCUT2D eigenvalue weighted by molar-refractivity contribution is 9.10. The summed E-state index contributed by atoms with van der Waals surface area (Å²) in [4.78, 5) is 5.20. The number of nitrogens with zero attached hydrogens (tertiary/aromatic N) is 2. The second kappa shape index (κ2) is 5.80. The molecule has 0 unspecified atom stereocenters. The molecule has 2 rings (SSSR count). The maximum atomic E-state index is 12.4. The zero-order valence-corrected chi connectivity index (χ0v) is 14.2. The van der Waals surface area contributed by atoms with Crippen LogP contribution in [0.25, 0.3) is 0 Å². The fourth-order valence-corrected chi connectivity index (χ4v) is 4.01. The Hall–Kier alpha value is -0.960. The van der Waals surface area contributed by atoms with Crippen molar-refractivity contribution in [2.24, 2.45) is 0 Å². The van der Waals surface area contributed by atoms with Gasteiger partial charge in [-0.05, 0) is 41.1 Å². The van der Waals surface area contributed by atoms with Gasteiger partial charge >= 0.3 is 0 Å². The van der Waals surface area contributed by atoms with E-state index in [0.717, 1.165) is 9.88 Å². The van der Waals surface area contributed by atoms with E-state index in [4.69, 9.17) is 5.73 Å². The predicted octanol–water partition coefficient (Wildman–Crippen LogP) is 2.62. The molecule has 0 amide bonds. The van der Waals surface area contributed by atoms with Crippen LogP contribution in [0.15, 0.2) is 33.8 Å². The van der Waals surface area contributed by atoms with Gasteiger partial charge in [-0.1, -0.05) is 0 Å². The highest BCUT2D eigenvalue weighted by Crippen LogP contribution is 2.25. The summed E-state index contributed by atoms with van der Waals surface area (Å²) in [6.45, 7) is 2.18. The molecule has 0 radical (unpaired) electrons. The number of aryl methyl sites for hydroxylation is 1. The van der Waals surface area contributed by atoms with Crippen molar-refractivity contribution in [3.8, 4) is 0 Å². The molecule has 0 aliphatic heterocycles. The number of thiazole rings is 1. The molecule has 0 saturated heterocycles. The molecule has 0 aliphatic rings. The lowest BCUT2D eigenvalue weighted by Gasteiger charge is -2.16. The normalized spacial score (nSPS) is 12.0. The standard InChI is InChI=1S/C12H14BrN3O2S2/c1-8-15-6-9(19-8)7-16(2)20(17,18)10-3-4-11(13)12(14)5-10/h3-6H,7,14H2,1-2H3. The van der Waals surface area contributed by atoms with Crippen molar-refractivity contribution in [3.63, 3.8) is 0 Å². The molecule has 1 aromatic heterocycles. The number of sulfonamides is 1. The SMILES string of the molecule is Cc1ncc(CN(C)S(=O)(=O)c2ccc(Br)c(N)c2)s1. The summed E-state index contributed by atoms with van der Waals surface area (Å²) in [6, 6.07) is 4.62. The van der Waals surface area contributed by atoms with Gasteiger partial charge in [-0.25, -0.2) is 13.4 Å². The van der Waals surface area contributed by atoms with Crippen LogP contribution in [-0.4, -0.2) is 24.8 Å². The average molecular weight is 376 g/mol. The molecule has 0 aliphatic carbocycles. The minimum Gasteiger partial charge on any atom is -0.398 e. The Bertz CT molecular complexity index is 728. The quantitative estimate of drug-likeness (QED) is 0.833. The second-order valence-corrected chi connectivity index (χ2v) is 8.51. The van der Waals surface area contributed by atoms with Crippen LogP contribution in [0.4, 0.5) is 5.69 Å². The molecule has 1 aromatic carbocycles. The summed E-state index contributed by atoms with van der Waals surface area (Å²) in [7, 11) is -2.01. The number of hydrogen-bond donors (Lipinski definition) is 1. The van der Waals surface area contributed by atoms with Crippen LogP contribution in [0.3, 0.4) is 0 Å². The lowest BCUT2D eigenvalue weighted by Crippen LogP contribution is -2.26. The van der Waals surface area contributed by atoms with Crippen molar-refractivity contribution in [2.45, 2.75) is 18.4 Å². The summed E-state index contributed by atoms with van der Waals surface area (Å²) in [5.74, 6) is 0. The number of hydrogen-bond acceptors (Lipinski definition) is 5. The van der Waals surface area contributed by atoms with Crippen LogP contribution in [-0.2, 0) is 16.6 Å². The molecule has 1 heterocycles. The van der Waals surface area contributed by atoms with Crippen LogP contribution in [0.2, 0.25) is 0 Å². The maximum Gasteiger partial charge on any atom is 0.243 e. The van der Waals surface area contributed by atoms with Crippen LogP contribution in [0, 0.1) is 6.92 Å². The first-order valence-electron chi connectivity index (χ1n) is 5.73. The van der Waals surface area contributed by atoms with Crippen LogP contribution < -0.4 is 5.73 Å². The third-order valence-corrected chi connectivity index (χ3v) is 6.14. The number of benzene rings is 1. The van der Waals surface area contributed by atoms with Gasteiger partial charge in [-0.2, -0.15) is 4.31 Å². The molecular formula is C12H14BrN3O2S2. The van der Waals surface area contributed by atoms with Gasteiger partial charge in [-0.3, -0.25) is 0 Å². The Morgan fingerprint density at radius 1 is 1.45 bits per heavy atom. The summed E-state index contributed by atoms with van der Waals surface area (Å²) < 4.78 is 26.9. The fraction of sp³-hybridized carbons (Fsp3) is 0.250. The Morgan fingerprint density at radius 2 is 2.15 bits per heavy atom. The van der Waals surface area contributed by atoms with Gasteiger partial charge in [0.1, 0.15) is 0 Å². The van der Waals surface area contributed by atoms with Gasteiger partial charge in [-0.15, -0.1) is 11.3 Å². The fourth-order valence-electron chi connectivity index (χ4n) is 1.65. The number of anilines is 1. The summed E-state index contributed by atoms with van der Waals surface area (Å²) in [6.07, 6.45) is 1.70. The van der Waals surface area contributed by atoms with E-state index in [0.29, 0.717) is 16.7 Å². The van der Waals surface area contributed by atoms with Crippen LogP contribution >= 0.6 is 27.3 Å². The monoisotopic (exact) mass is 375 g/mol. The van der Waals surface area contributed by atoms with E-state index in [-0.39, 0.29) is 4.90 Å². The summed E-state index contributed by atoms with van der Waals surface area (Å²) in [5.41, 5.74) is 6.13. The Kier molecular flexibility index (Phi) is 4.48. The topological polar surface area (TPSA) is 76.3 Å². The van der Waals surface area contributed by atoms with Crippen LogP contribution in [0.5, 0.6) is 0 Å². The summed E-state index contributed by atoms with van der Waals surface area (Å²) in [5, 5.41) is 0.915. The predicted molar refractivity (Wildman–Crippen MR) is 84.1 cm³/mol. The molecule has 0 atom stereocenters. The molecular weight excluding hydrogens is 362 g/mol. The van der Waals surface area contributed by atoms with Gasteiger partial charge in [0.15, 0.2) is 0 Å². The molecule has 2 aromatic rings. The van der Waals surface area contributed by atoms with E-state index in [1.807, 2.05) is 6.92 Å². The molecule has 5 nitrogen and oxygen atoms in total. The molecule has 0 bridgehead atoms. The molecule has 0 saturated carbocycles. The van der Waals surface area contributed by atoms with Gasteiger partial charge in [0.2, 0.25) is 10.0 Å². The average Bonchev–Trinajstić information content (AvgIpc) is 2.78. The van der Waals surface area contributed by atoms with Crippen molar-refractivity contribution < 1.29 is 8.42 Å². The Morgan fingerprint density at radius 3 is 2.70 bits per heavy atom. The van der Waals surface area contributed by atoms with Crippen molar-refractivity contribution in [1.29, 1.82) is 0 Å². The maximum absolute atomic E-state index is 12.4. The van der Waals surface area contributed by atoms with E-state index in [2.05, 4.69) is 20.9 Å². The highest BCUT2D eigenvalue weighted by atomic mass is 79.9. The zero-order valence-electron chi connectivity index (χ0n) is 11.0. The van der Waals surface area contributed by atoms with Gasteiger partial charge < -0.3 is 5.73 Å². The first kappa shape index (κ1) is 15.4. The van der Waals surface area contributed by atoms with Crippen molar-refractivity contribution in [2.75, 3.05) is 12.8 Å². The molecule has 108 valence electrons. The lowest BCUT2D eigenvalue weighted by atomic mass is 10.3. The molecule has 20 heavy (non-hydrogen) atoms.